The van der Waals surface area contributed by atoms with Gasteiger partial charge in [0.15, 0.2) is 5.82 Å². The molecule has 1 N–H and O–H groups in total. The molecule has 0 bridgehead atoms. The number of halogens is 1. The van der Waals surface area contributed by atoms with Crippen molar-refractivity contribution in [1.82, 2.24) is 14.8 Å². The van der Waals surface area contributed by atoms with E-state index in [1.807, 2.05) is 11.6 Å². The van der Waals surface area contributed by atoms with E-state index in [1.165, 1.54) is 14.2 Å². The average molecular weight is 363 g/mol. The summed E-state index contributed by atoms with van der Waals surface area (Å²) in [5.74, 6) is 0.874. The molecule has 108 valence electrons. The van der Waals surface area contributed by atoms with Crippen molar-refractivity contribution >= 4 is 33.0 Å². The van der Waals surface area contributed by atoms with E-state index in [0.29, 0.717) is 0 Å². The fourth-order valence-corrected chi connectivity index (χ4v) is 3.62. The zero-order valence-electron chi connectivity index (χ0n) is 11.8. The molecule has 1 aromatic carbocycles. The maximum absolute atomic E-state index is 4.11. The van der Waals surface area contributed by atoms with Crippen LogP contribution in [0.2, 0.25) is 0 Å². The molecule has 4 nitrogen and oxygen atoms in total. The monoisotopic (exact) mass is 362 g/mol. The summed E-state index contributed by atoms with van der Waals surface area (Å²) >= 11 is 5.35. The van der Waals surface area contributed by atoms with Crippen LogP contribution in [0.5, 0.6) is 0 Å². The predicted octanol–water partition coefficient (Wildman–Crippen LogP) is 4.23. The molecule has 0 aliphatic heterocycles. The number of hydrogen-bond donors (Lipinski definition) is 1. The molecule has 0 saturated heterocycles. The first kappa shape index (κ1) is 14.3. The average Bonchev–Trinajstić information content (AvgIpc) is 3.04. The standard InChI is InChI=1S/C15H15BrN4S/c1-10-14(16)7-13(21-10)8-17-12-5-3-11(4-6-12)15-19-18-9-20(15)2/h3-7,9,17H,8H2,1-2H3. The zero-order chi connectivity index (χ0) is 14.8. The minimum Gasteiger partial charge on any atom is -0.380 e. The topological polar surface area (TPSA) is 42.7 Å². The highest BCUT2D eigenvalue weighted by Gasteiger charge is 2.05. The van der Waals surface area contributed by atoms with Crippen molar-refractivity contribution in [2.45, 2.75) is 13.5 Å². The molecule has 6 heteroatoms. The van der Waals surface area contributed by atoms with Crippen LogP contribution < -0.4 is 5.32 Å². The molecule has 0 aliphatic carbocycles. The van der Waals surface area contributed by atoms with Crippen LogP contribution in [-0.2, 0) is 13.6 Å². The maximum Gasteiger partial charge on any atom is 0.163 e. The molecule has 0 spiro atoms. The van der Waals surface area contributed by atoms with Gasteiger partial charge in [-0.3, -0.25) is 0 Å². The van der Waals surface area contributed by atoms with Gasteiger partial charge in [0, 0.05) is 39.1 Å². The molecule has 0 amide bonds. The molecule has 3 aromatic rings. The van der Waals surface area contributed by atoms with Crippen molar-refractivity contribution in [2.24, 2.45) is 7.05 Å². The van der Waals surface area contributed by atoms with E-state index in [2.05, 4.69) is 68.7 Å². The van der Waals surface area contributed by atoms with Crippen molar-refractivity contribution in [3.8, 4) is 11.4 Å². The van der Waals surface area contributed by atoms with Gasteiger partial charge in [-0.2, -0.15) is 0 Å². The number of anilines is 1. The highest BCUT2D eigenvalue weighted by atomic mass is 79.9. The van der Waals surface area contributed by atoms with Crippen LogP contribution >= 0.6 is 27.3 Å². The SMILES string of the molecule is Cc1sc(CNc2ccc(-c3nncn3C)cc2)cc1Br. The van der Waals surface area contributed by atoms with E-state index in [0.717, 1.165) is 23.6 Å². The Hall–Kier alpha value is -1.66. The van der Waals surface area contributed by atoms with E-state index in [1.54, 1.807) is 17.7 Å². The van der Waals surface area contributed by atoms with Gasteiger partial charge in [0.1, 0.15) is 6.33 Å². The lowest BCUT2D eigenvalue weighted by Crippen LogP contribution is -1.97. The van der Waals surface area contributed by atoms with Crippen LogP contribution in [0.3, 0.4) is 0 Å². The lowest BCUT2D eigenvalue weighted by atomic mass is 10.2. The van der Waals surface area contributed by atoms with Gasteiger partial charge in [-0.15, -0.1) is 21.5 Å². The van der Waals surface area contributed by atoms with Crippen LogP contribution in [0.15, 0.2) is 41.1 Å². The van der Waals surface area contributed by atoms with Crippen LogP contribution in [0.1, 0.15) is 9.75 Å². The van der Waals surface area contributed by atoms with Gasteiger partial charge in [0.2, 0.25) is 0 Å². The number of nitrogens with zero attached hydrogens (tertiary/aromatic N) is 3. The molecular weight excluding hydrogens is 348 g/mol. The van der Waals surface area contributed by atoms with Crippen molar-refractivity contribution in [1.29, 1.82) is 0 Å². The number of benzene rings is 1. The first-order valence-electron chi connectivity index (χ1n) is 6.56. The third kappa shape index (κ3) is 3.16. The molecule has 0 radical (unpaired) electrons. The summed E-state index contributed by atoms with van der Waals surface area (Å²) < 4.78 is 3.09. The van der Waals surface area contributed by atoms with Crippen molar-refractivity contribution in [2.75, 3.05) is 5.32 Å². The van der Waals surface area contributed by atoms with Crippen molar-refractivity contribution in [3.05, 3.63) is 50.9 Å². The second-order valence-electron chi connectivity index (χ2n) is 4.81. The zero-order valence-corrected chi connectivity index (χ0v) is 14.2. The number of aromatic nitrogens is 3. The Kier molecular flexibility index (Phi) is 4.07. The quantitative estimate of drug-likeness (QED) is 0.755. The van der Waals surface area contributed by atoms with E-state index in [4.69, 9.17) is 0 Å². The molecule has 0 unspecified atom stereocenters. The number of hydrogen-bond acceptors (Lipinski definition) is 4. The summed E-state index contributed by atoms with van der Waals surface area (Å²) in [5.41, 5.74) is 2.17. The Morgan fingerprint density at radius 1 is 1.29 bits per heavy atom. The molecule has 3 rings (SSSR count). The molecule has 21 heavy (non-hydrogen) atoms. The van der Waals surface area contributed by atoms with E-state index in [9.17, 15) is 0 Å². The number of rotatable bonds is 4. The van der Waals surface area contributed by atoms with Crippen LogP contribution in [0, 0.1) is 6.92 Å². The van der Waals surface area contributed by atoms with Crippen molar-refractivity contribution < 1.29 is 0 Å². The van der Waals surface area contributed by atoms with Crippen molar-refractivity contribution in [3.63, 3.8) is 0 Å². The summed E-state index contributed by atoms with van der Waals surface area (Å²) in [5, 5.41) is 11.4. The largest absolute Gasteiger partial charge is 0.380 e. The Morgan fingerprint density at radius 3 is 2.62 bits per heavy atom. The van der Waals surface area contributed by atoms with Crippen LogP contribution in [0.4, 0.5) is 5.69 Å². The predicted molar refractivity (Wildman–Crippen MR) is 90.5 cm³/mol. The summed E-state index contributed by atoms with van der Waals surface area (Å²) in [4.78, 5) is 2.63. The molecule has 2 heterocycles. The Morgan fingerprint density at radius 2 is 2.05 bits per heavy atom. The summed E-state index contributed by atoms with van der Waals surface area (Å²) in [6.07, 6.45) is 1.71. The Labute approximate surface area is 136 Å². The lowest BCUT2D eigenvalue weighted by molar-refractivity contribution is 0.920. The first-order chi connectivity index (χ1) is 10.1. The minimum absolute atomic E-state index is 0.834. The van der Waals surface area contributed by atoms with Gasteiger partial charge < -0.3 is 9.88 Å². The molecule has 0 saturated carbocycles. The fraction of sp³-hybridized carbons (Fsp3) is 0.200. The molecule has 0 aliphatic rings. The van der Waals surface area contributed by atoms with E-state index < -0.39 is 0 Å². The highest BCUT2D eigenvalue weighted by Crippen LogP contribution is 2.27. The highest BCUT2D eigenvalue weighted by molar-refractivity contribution is 9.10. The smallest absolute Gasteiger partial charge is 0.163 e. The molecular formula is C15H15BrN4S. The van der Waals surface area contributed by atoms with Gasteiger partial charge >= 0.3 is 0 Å². The summed E-state index contributed by atoms with van der Waals surface area (Å²) in [6, 6.07) is 10.4. The Balaban J connectivity index is 1.69. The van der Waals surface area contributed by atoms with Gasteiger partial charge in [0.05, 0.1) is 0 Å². The molecule has 2 aromatic heterocycles. The molecule has 0 atom stereocenters. The Bertz CT molecular complexity index is 726. The second kappa shape index (κ2) is 5.99. The summed E-state index contributed by atoms with van der Waals surface area (Å²) in [6.45, 7) is 2.95. The van der Waals surface area contributed by atoms with Gasteiger partial charge in [-0.05, 0) is 53.2 Å². The maximum atomic E-state index is 4.11. The van der Waals surface area contributed by atoms with E-state index >= 15 is 0 Å². The third-order valence-corrected chi connectivity index (χ3v) is 5.37. The third-order valence-electron chi connectivity index (χ3n) is 3.23. The fourth-order valence-electron chi connectivity index (χ4n) is 2.08. The van der Waals surface area contributed by atoms with Gasteiger partial charge in [0.25, 0.3) is 0 Å². The number of aryl methyl sites for hydroxylation is 2. The first-order valence-corrected chi connectivity index (χ1v) is 8.17. The molecule has 0 fully saturated rings. The minimum atomic E-state index is 0.834. The van der Waals surface area contributed by atoms with Gasteiger partial charge in [-0.1, -0.05) is 0 Å². The van der Waals surface area contributed by atoms with Crippen LogP contribution in [-0.4, -0.2) is 14.8 Å². The van der Waals surface area contributed by atoms with E-state index in [-0.39, 0.29) is 0 Å². The number of thiophene rings is 1. The number of nitrogens with one attached hydrogen (secondary N) is 1. The summed E-state index contributed by atoms with van der Waals surface area (Å²) in [7, 11) is 1.94. The van der Waals surface area contributed by atoms with Crippen LogP contribution in [0.25, 0.3) is 11.4 Å². The van der Waals surface area contributed by atoms with Gasteiger partial charge in [-0.25, -0.2) is 0 Å². The lowest BCUT2D eigenvalue weighted by Gasteiger charge is -2.06. The second-order valence-corrected chi connectivity index (χ2v) is 7.01. The normalized spacial score (nSPS) is 10.8.